The van der Waals surface area contributed by atoms with Crippen molar-refractivity contribution < 1.29 is 18.9 Å². The highest BCUT2D eigenvalue weighted by Gasteiger charge is 2.64. The summed E-state index contributed by atoms with van der Waals surface area (Å²) in [4.78, 5) is 0. The first-order valence-corrected chi connectivity index (χ1v) is 5.00. The minimum absolute atomic E-state index is 0.00699. The van der Waals surface area contributed by atoms with Crippen molar-refractivity contribution in [2.75, 3.05) is 20.8 Å². The molecule has 0 spiro atoms. The lowest BCUT2D eigenvalue weighted by Crippen LogP contribution is -2.50. The molecule has 80 valence electrons. The zero-order valence-corrected chi connectivity index (χ0v) is 9.15. The van der Waals surface area contributed by atoms with Gasteiger partial charge in [-0.25, -0.2) is 0 Å². The molecule has 5 atom stereocenters. The Bertz CT molecular complexity index is 225. The largest absolute Gasteiger partial charge is 0.381 e. The topological polar surface area (TPSA) is 36.9 Å². The van der Waals surface area contributed by atoms with E-state index in [2.05, 4.69) is 0 Å². The standard InChI is InChI=1S/C9H17BO4/c1-5-9(4-11-2)7(12-3)6(13-5)8(10)14-9/h5-8H,4,10H2,1-3H3/t5-,6?,7-,8+,9-/m0/s1. The van der Waals surface area contributed by atoms with Crippen molar-refractivity contribution >= 4 is 7.85 Å². The highest BCUT2D eigenvalue weighted by atomic mass is 16.7. The molecule has 0 radical (unpaired) electrons. The first-order chi connectivity index (χ1) is 6.65. The van der Waals surface area contributed by atoms with Crippen LogP contribution < -0.4 is 0 Å². The van der Waals surface area contributed by atoms with E-state index in [1.54, 1.807) is 14.2 Å². The number of rotatable bonds is 3. The van der Waals surface area contributed by atoms with Crippen molar-refractivity contribution in [1.29, 1.82) is 0 Å². The van der Waals surface area contributed by atoms with Crippen molar-refractivity contribution in [2.45, 2.75) is 36.8 Å². The van der Waals surface area contributed by atoms with E-state index in [4.69, 9.17) is 18.9 Å². The van der Waals surface area contributed by atoms with Gasteiger partial charge in [0.2, 0.25) is 0 Å². The second-order valence-corrected chi connectivity index (χ2v) is 4.11. The van der Waals surface area contributed by atoms with Gasteiger partial charge < -0.3 is 18.9 Å². The van der Waals surface area contributed by atoms with Gasteiger partial charge in [0.1, 0.15) is 25.7 Å². The Morgan fingerprint density at radius 2 is 2.14 bits per heavy atom. The predicted octanol–water partition coefficient (Wildman–Crippen LogP) is -0.837. The molecule has 2 bridgehead atoms. The fourth-order valence-electron chi connectivity index (χ4n) is 2.66. The molecule has 0 aromatic rings. The summed E-state index contributed by atoms with van der Waals surface area (Å²) in [5.41, 5.74) is -0.409. The van der Waals surface area contributed by atoms with Gasteiger partial charge in [-0.15, -0.1) is 0 Å². The summed E-state index contributed by atoms with van der Waals surface area (Å²) in [6, 6.07) is 0.0892. The quantitative estimate of drug-likeness (QED) is 0.557. The van der Waals surface area contributed by atoms with Crippen molar-refractivity contribution in [3.63, 3.8) is 0 Å². The van der Waals surface area contributed by atoms with Crippen molar-refractivity contribution in [1.82, 2.24) is 0 Å². The second kappa shape index (κ2) is 3.49. The van der Waals surface area contributed by atoms with E-state index in [1.807, 2.05) is 14.8 Å². The smallest absolute Gasteiger partial charge is 0.145 e. The maximum atomic E-state index is 5.93. The molecule has 0 N–H and O–H groups in total. The van der Waals surface area contributed by atoms with Crippen LogP contribution in [-0.4, -0.2) is 58.6 Å². The van der Waals surface area contributed by atoms with Gasteiger partial charge in [-0.3, -0.25) is 0 Å². The first kappa shape index (κ1) is 10.4. The lowest BCUT2D eigenvalue weighted by Gasteiger charge is -2.34. The van der Waals surface area contributed by atoms with E-state index in [1.165, 1.54) is 0 Å². The molecule has 4 nitrogen and oxygen atoms in total. The molecule has 5 heteroatoms. The van der Waals surface area contributed by atoms with Crippen LogP contribution in [0.4, 0.5) is 0 Å². The van der Waals surface area contributed by atoms with Gasteiger partial charge in [0.05, 0.1) is 18.7 Å². The van der Waals surface area contributed by atoms with Gasteiger partial charge in [0.15, 0.2) is 0 Å². The maximum Gasteiger partial charge on any atom is 0.145 e. The molecule has 0 aliphatic carbocycles. The normalized spacial score (nSPS) is 51.4. The summed E-state index contributed by atoms with van der Waals surface area (Å²) in [6.07, 6.45) is 0.0752. The van der Waals surface area contributed by atoms with Crippen LogP contribution >= 0.6 is 0 Å². The molecule has 2 rings (SSSR count). The molecule has 14 heavy (non-hydrogen) atoms. The molecule has 2 aliphatic rings. The average Bonchev–Trinajstić information content (AvgIpc) is 2.54. The van der Waals surface area contributed by atoms with Crippen LogP contribution in [0.25, 0.3) is 0 Å². The van der Waals surface area contributed by atoms with Crippen LogP contribution in [0, 0.1) is 0 Å². The van der Waals surface area contributed by atoms with Gasteiger partial charge in [0, 0.05) is 14.2 Å². The van der Waals surface area contributed by atoms with Gasteiger partial charge in [-0.05, 0) is 6.92 Å². The molecule has 0 saturated carbocycles. The van der Waals surface area contributed by atoms with E-state index in [0.717, 1.165) is 0 Å². The van der Waals surface area contributed by atoms with Crippen molar-refractivity contribution in [3.05, 3.63) is 0 Å². The molecular weight excluding hydrogens is 183 g/mol. The fraction of sp³-hybridized carbons (Fsp3) is 1.00. The zero-order chi connectivity index (χ0) is 10.3. The summed E-state index contributed by atoms with van der Waals surface area (Å²) < 4.78 is 22.4. The first-order valence-electron chi connectivity index (χ1n) is 5.00. The van der Waals surface area contributed by atoms with Crippen LogP contribution in [-0.2, 0) is 18.9 Å². The van der Waals surface area contributed by atoms with Crippen LogP contribution in [0.5, 0.6) is 0 Å². The predicted molar refractivity (Wildman–Crippen MR) is 53.2 cm³/mol. The molecule has 2 fully saturated rings. The number of hydrogen-bond donors (Lipinski definition) is 0. The summed E-state index contributed by atoms with van der Waals surface area (Å²) in [6.45, 7) is 2.53. The number of ether oxygens (including phenoxy) is 4. The molecule has 0 amide bonds. The fourth-order valence-corrected chi connectivity index (χ4v) is 2.66. The summed E-state index contributed by atoms with van der Waals surface area (Å²) in [5, 5.41) is 0. The Balaban J connectivity index is 2.25. The van der Waals surface area contributed by atoms with Crippen LogP contribution in [0.2, 0.25) is 0 Å². The Morgan fingerprint density at radius 1 is 1.43 bits per heavy atom. The van der Waals surface area contributed by atoms with Gasteiger partial charge in [-0.1, -0.05) is 0 Å². The third kappa shape index (κ3) is 1.16. The molecule has 2 saturated heterocycles. The zero-order valence-electron chi connectivity index (χ0n) is 9.15. The number of hydrogen-bond acceptors (Lipinski definition) is 4. The van der Waals surface area contributed by atoms with Gasteiger partial charge >= 0.3 is 0 Å². The minimum Gasteiger partial charge on any atom is -0.381 e. The van der Waals surface area contributed by atoms with E-state index in [0.29, 0.717) is 6.61 Å². The SMILES string of the molecule is B[C@@H]1O[C@@]2(COC)[C@H](C)OC1[C@@H]2OC. The minimum atomic E-state index is -0.409. The molecule has 0 aromatic carbocycles. The molecule has 2 aliphatic heterocycles. The van der Waals surface area contributed by atoms with Gasteiger partial charge in [-0.2, -0.15) is 0 Å². The van der Waals surface area contributed by atoms with Crippen LogP contribution in [0.3, 0.4) is 0 Å². The molecule has 1 unspecified atom stereocenters. The summed E-state index contributed by atoms with van der Waals surface area (Å²) in [7, 11) is 5.39. The Morgan fingerprint density at radius 3 is 2.71 bits per heavy atom. The van der Waals surface area contributed by atoms with Crippen LogP contribution in [0.1, 0.15) is 6.92 Å². The lowest BCUT2D eigenvalue weighted by molar-refractivity contribution is -0.178. The lowest BCUT2D eigenvalue weighted by atomic mass is 9.90. The van der Waals surface area contributed by atoms with E-state index in [9.17, 15) is 0 Å². The monoisotopic (exact) mass is 200 g/mol. The average molecular weight is 200 g/mol. The highest BCUT2D eigenvalue weighted by Crippen LogP contribution is 2.44. The van der Waals surface area contributed by atoms with Crippen molar-refractivity contribution in [2.24, 2.45) is 0 Å². The Kier molecular flexibility index (Phi) is 2.60. The summed E-state index contributed by atoms with van der Waals surface area (Å²) in [5.74, 6) is 0. The van der Waals surface area contributed by atoms with E-state index < -0.39 is 5.60 Å². The molecular formula is C9H17BO4. The van der Waals surface area contributed by atoms with Gasteiger partial charge in [0.25, 0.3) is 0 Å². The third-order valence-corrected chi connectivity index (χ3v) is 3.32. The van der Waals surface area contributed by atoms with Crippen LogP contribution in [0.15, 0.2) is 0 Å². The summed E-state index contributed by atoms with van der Waals surface area (Å²) >= 11 is 0. The third-order valence-electron chi connectivity index (χ3n) is 3.32. The highest BCUT2D eigenvalue weighted by molar-refractivity contribution is 6.11. The maximum absolute atomic E-state index is 5.93. The Hall–Kier alpha value is -0.0951. The van der Waals surface area contributed by atoms with Crippen molar-refractivity contribution in [3.8, 4) is 0 Å². The van der Waals surface area contributed by atoms with E-state index >= 15 is 0 Å². The second-order valence-electron chi connectivity index (χ2n) is 4.11. The number of fused-ring (bicyclic) bond motifs is 2. The van der Waals surface area contributed by atoms with E-state index in [-0.39, 0.29) is 24.3 Å². The molecule has 2 heterocycles. The Labute approximate surface area is 85.3 Å². The number of methoxy groups -OCH3 is 2. The molecule has 0 aromatic heterocycles.